The van der Waals surface area contributed by atoms with E-state index in [-0.39, 0.29) is 5.56 Å². The Balaban J connectivity index is 1.89. The zero-order chi connectivity index (χ0) is 21.7. The molecule has 2 N–H and O–H groups in total. The van der Waals surface area contributed by atoms with Crippen molar-refractivity contribution in [3.05, 3.63) is 86.7 Å². The molecule has 2 aromatic carbocycles. The Morgan fingerprint density at radius 1 is 1.03 bits per heavy atom. The van der Waals surface area contributed by atoms with Crippen LogP contribution in [0.3, 0.4) is 0 Å². The zero-order valence-corrected chi connectivity index (χ0v) is 16.3. The van der Waals surface area contributed by atoms with Crippen molar-refractivity contribution in [3.8, 4) is 11.4 Å². The number of nitrogens with one attached hydrogen (secondary N) is 2. The summed E-state index contributed by atoms with van der Waals surface area (Å²) in [6, 6.07) is 12.3. The van der Waals surface area contributed by atoms with Gasteiger partial charge in [0.15, 0.2) is 0 Å². The minimum absolute atomic E-state index is 0.250. The summed E-state index contributed by atoms with van der Waals surface area (Å²) in [6.45, 7) is 2.32. The van der Waals surface area contributed by atoms with Crippen molar-refractivity contribution in [1.29, 1.82) is 0 Å². The maximum absolute atomic E-state index is 12.8. The first-order valence-corrected chi connectivity index (χ1v) is 9.02. The summed E-state index contributed by atoms with van der Waals surface area (Å²) >= 11 is 0. The van der Waals surface area contributed by atoms with E-state index >= 15 is 0 Å². The van der Waals surface area contributed by atoms with Gasteiger partial charge in [0.25, 0.3) is 11.5 Å². The number of ether oxygens (including phenoxy) is 2. The number of benzene rings is 2. The molecule has 0 saturated heterocycles. The monoisotopic (exact) mass is 409 g/mol. The molecule has 0 spiro atoms. The van der Waals surface area contributed by atoms with Crippen LogP contribution in [0.15, 0.2) is 64.3 Å². The SMILES string of the molecule is CCOc1ccc(-n2c(=O)[nH]cc(C(=O)Nc3ccc(C(=O)OC)cc3)c2=O)cc1. The second-order valence-electron chi connectivity index (χ2n) is 6.10. The molecule has 9 heteroatoms. The molecule has 0 bridgehead atoms. The van der Waals surface area contributed by atoms with E-state index in [2.05, 4.69) is 15.0 Å². The van der Waals surface area contributed by atoms with Gasteiger partial charge in [-0.15, -0.1) is 0 Å². The minimum Gasteiger partial charge on any atom is -0.494 e. The van der Waals surface area contributed by atoms with Crippen molar-refractivity contribution in [3.63, 3.8) is 0 Å². The Morgan fingerprint density at radius 2 is 1.70 bits per heavy atom. The summed E-state index contributed by atoms with van der Waals surface area (Å²) in [5, 5.41) is 2.56. The van der Waals surface area contributed by atoms with E-state index in [1.807, 2.05) is 6.92 Å². The Hall–Kier alpha value is -4.14. The lowest BCUT2D eigenvalue weighted by molar-refractivity contribution is 0.0600. The Kier molecular flexibility index (Phi) is 6.11. The predicted molar refractivity (Wildman–Crippen MR) is 110 cm³/mol. The summed E-state index contributed by atoms with van der Waals surface area (Å²) in [6.07, 6.45) is 1.06. The average Bonchev–Trinajstić information content (AvgIpc) is 2.75. The lowest BCUT2D eigenvalue weighted by atomic mass is 10.2. The third-order valence-corrected chi connectivity index (χ3v) is 4.19. The van der Waals surface area contributed by atoms with Crippen molar-refractivity contribution in [2.75, 3.05) is 19.0 Å². The summed E-state index contributed by atoms with van der Waals surface area (Å²) in [5.41, 5.74) is -0.722. The van der Waals surface area contributed by atoms with E-state index in [0.717, 1.165) is 10.8 Å². The molecule has 0 atom stereocenters. The molecule has 0 aliphatic heterocycles. The van der Waals surface area contributed by atoms with Crippen LogP contribution in [0, 0.1) is 0 Å². The molecule has 0 fully saturated rings. The number of hydrogen-bond acceptors (Lipinski definition) is 6. The smallest absolute Gasteiger partial charge is 0.337 e. The number of aromatic nitrogens is 2. The summed E-state index contributed by atoms with van der Waals surface area (Å²) < 4.78 is 10.8. The number of anilines is 1. The number of hydrogen-bond donors (Lipinski definition) is 2. The van der Waals surface area contributed by atoms with Crippen LogP contribution in [-0.2, 0) is 4.74 Å². The molecule has 1 aromatic heterocycles. The molecule has 0 aliphatic carbocycles. The molecule has 1 amide bonds. The minimum atomic E-state index is -0.772. The number of rotatable bonds is 6. The highest BCUT2D eigenvalue weighted by atomic mass is 16.5. The largest absolute Gasteiger partial charge is 0.494 e. The maximum atomic E-state index is 12.8. The number of H-pyrrole nitrogens is 1. The van der Waals surface area contributed by atoms with E-state index in [9.17, 15) is 19.2 Å². The van der Waals surface area contributed by atoms with Gasteiger partial charge in [-0.05, 0) is 55.5 Å². The third kappa shape index (κ3) is 4.30. The molecule has 30 heavy (non-hydrogen) atoms. The highest BCUT2D eigenvalue weighted by molar-refractivity contribution is 6.04. The molecule has 0 unspecified atom stereocenters. The van der Waals surface area contributed by atoms with Crippen LogP contribution in [0.4, 0.5) is 5.69 Å². The molecule has 0 saturated carbocycles. The summed E-state index contributed by atoms with van der Waals surface area (Å²) in [5.74, 6) is -0.622. The van der Waals surface area contributed by atoms with E-state index in [1.54, 1.807) is 24.3 Å². The van der Waals surface area contributed by atoms with Crippen LogP contribution in [-0.4, -0.2) is 35.1 Å². The van der Waals surface area contributed by atoms with Crippen LogP contribution in [0.1, 0.15) is 27.6 Å². The first-order valence-electron chi connectivity index (χ1n) is 9.02. The van der Waals surface area contributed by atoms with Crippen molar-refractivity contribution in [2.45, 2.75) is 6.92 Å². The fourth-order valence-electron chi connectivity index (χ4n) is 2.73. The van der Waals surface area contributed by atoms with E-state index in [4.69, 9.17) is 4.74 Å². The summed E-state index contributed by atoms with van der Waals surface area (Å²) in [7, 11) is 1.27. The van der Waals surface area contributed by atoms with Crippen LogP contribution < -0.4 is 21.3 Å². The van der Waals surface area contributed by atoms with Gasteiger partial charge in [0, 0.05) is 11.9 Å². The first-order chi connectivity index (χ1) is 14.4. The van der Waals surface area contributed by atoms with Gasteiger partial charge in [-0.1, -0.05) is 0 Å². The molecule has 0 radical (unpaired) electrons. The number of nitrogens with zero attached hydrogens (tertiary/aromatic N) is 1. The highest BCUT2D eigenvalue weighted by Crippen LogP contribution is 2.14. The van der Waals surface area contributed by atoms with Gasteiger partial charge in [0.05, 0.1) is 25.0 Å². The molecule has 0 aliphatic rings. The lowest BCUT2D eigenvalue weighted by Crippen LogP contribution is -2.38. The van der Waals surface area contributed by atoms with Crippen molar-refractivity contribution in [2.24, 2.45) is 0 Å². The zero-order valence-electron chi connectivity index (χ0n) is 16.3. The van der Waals surface area contributed by atoms with Gasteiger partial charge in [-0.25, -0.2) is 14.2 Å². The third-order valence-electron chi connectivity index (χ3n) is 4.19. The lowest BCUT2D eigenvalue weighted by Gasteiger charge is -2.09. The van der Waals surface area contributed by atoms with Crippen molar-refractivity contribution < 1.29 is 19.1 Å². The van der Waals surface area contributed by atoms with Gasteiger partial charge >= 0.3 is 11.7 Å². The molecule has 1 heterocycles. The second-order valence-corrected chi connectivity index (χ2v) is 6.10. The first kappa shape index (κ1) is 20.6. The number of esters is 1. The fourth-order valence-corrected chi connectivity index (χ4v) is 2.73. The van der Waals surface area contributed by atoms with E-state index in [0.29, 0.717) is 29.3 Å². The quantitative estimate of drug-likeness (QED) is 0.601. The number of amides is 1. The molecular weight excluding hydrogens is 390 g/mol. The Morgan fingerprint density at radius 3 is 2.30 bits per heavy atom. The second kappa shape index (κ2) is 8.91. The highest BCUT2D eigenvalue weighted by Gasteiger charge is 2.16. The van der Waals surface area contributed by atoms with E-state index < -0.39 is 23.1 Å². The number of carbonyl (C=O) groups excluding carboxylic acids is 2. The number of methoxy groups -OCH3 is 1. The fraction of sp³-hybridized carbons (Fsp3) is 0.143. The van der Waals surface area contributed by atoms with Gasteiger partial charge in [0.1, 0.15) is 11.3 Å². The van der Waals surface area contributed by atoms with Crippen LogP contribution in [0.5, 0.6) is 5.75 Å². The number of aromatic amines is 1. The molecule has 9 nitrogen and oxygen atoms in total. The molecule has 154 valence electrons. The molecular formula is C21H19N3O6. The Bertz CT molecular complexity index is 1180. The topological polar surface area (TPSA) is 119 Å². The Labute approximate surface area is 170 Å². The standard InChI is InChI=1S/C21H19N3O6/c1-3-30-16-10-8-15(9-11-16)24-19(26)17(12-22-21(24)28)18(25)23-14-6-4-13(5-7-14)20(27)29-2/h4-12H,3H2,1-2H3,(H,22,28)(H,23,25). The molecule has 3 rings (SSSR count). The van der Waals surface area contributed by atoms with Crippen molar-refractivity contribution >= 4 is 17.6 Å². The van der Waals surface area contributed by atoms with Crippen LogP contribution in [0.2, 0.25) is 0 Å². The maximum Gasteiger partial charge on any atom is 0.337 e. The van der Waals surface area contributed by atoms with Crippen LogP contribution >= 0.6 is 0 Å². The van der Waals surface area contributed by atoms with Gasteiger partial charge in [0.2, 0.25) is 0 Å². The predicted octanol–water partition coefficient (Wildman–Crippen LogP) is 1.96. The number of carbonyl (C=O) groups is 2. The molecule has 3 aromatic rings. The van der Waals surface area contributed by atoms with Crippen molar-refractivity contribution in [1.82, 2.24) is 9.55 Å². The van der Waals surface area contributed by atoms with Crippen LogP contribution in [0.25, 0.3) is 5.69 Å². The average molecular weight is 409 g/mol. The van der Waals surface area contributed by atoms with Gasteiger partial charge in [-0.3, -0.25) is 9.59 Å². The normalized spacial score (nSPS) is 10.3. The summed E-state index contributed by atoms with van der Waals surface area (Å²) in [4.78, 5) is 51.5. The van der Waals surface area contributed by atoms with Gasteiger partial charge < -0.3 is 19.8 Å². The van der Waals surface area contributed by atoms with Gasteiger partial charge in [-0.2, -0.15) is 0 Å². The van der Waals surface area contributed by atoms with E-state index in [1.165, 1.54) is 31.4 Å².